The average Bonchev–Trinajstić information content (AvgIpc) is 3.58. The fourth-order valence-corrected chi connectivity index (χ4v) is 6.57. The summed E-state index contributed by atoms with van der Waals surface area (Å²) >= 11 is 1.35. The van der Waals surface area contributed by atoms with Crippen molar-refractivity contribution in [2.24, 2.45) is 0 Å². The van der Waals surface area contributed by atoms with Gasteiger partial charge in [-0.05, 0) is 66.4 Å². The zero-order valence-corrected chi connectivity index (χ0v) is 27.5. The van der Waals surface area contributed by atoms with E-state index in [-0.39, 0.29) is 36.3 Å². The van der Waals surface area contributed by atoms with Crippen molar-refractivity contribution in [3.05, 3.63) is 128 Å². The smallest absolute Gasteiger partial charge is 0.336 e. The van der Waals surface area contributed by atoms with Crippen LogP contribution in [0.4, 0.5) is 22.0 Å². The highest BCUT2D eigenvalue weighted by atomic mass is 32.1. The molecular weight excluding hydrogens is 645 g/mol. The summed E-state index contributed by atoms with van der Waals surface area (Å²) in [6.45, 7) is 7.06. The highest BCUT2D eigenvalue weighted by Crippen LogP contribution is 2.31. The van der Waals surface area contributed by atoms with Crippen LogP contribution < -0.4 is 5.43 Å². The summed E-state index contributed by atoms with van der Waals surface area (Å²) in [6.07, 6.45) is -4.04. The second-order valence-corrected chi connectivity index (χ2v) is 12.3. The van der Waals surface area contributed by atoms with E-state index in [0.717, 1.165) is 42.4 Å². The van der Waals surface area contributed by atoms with Crippen molar-refractivity contribution >= 4 is 28.1 Å². The molecule has 0 saturated heterocycles. The summed E-state index contributed by atoms with van der Waals surface area (Å²) in [6, 6.07) is 17.8. The summed E-state index contributed by atoms with van der Waals surface area (Å²) in [5, 5.41) is 4.05. The Morgan fingerprint density at radius 1 is 0.854 bits per heavy atom. The maximum atomic E-state index is 14.5. The first-order valence-corrected chi connectivity index (χ1v) is 16.7. The van der Waals surface area contributed by atoms with Gasteiger partial charge in [0.25, 0.3) is 0 Å². The number of aryl methyl sites for hydroxylation is 2. The van der Waals surface area contributed by atoms with Gasteiger partial charge >= 0.3 is 6.18 Å². The molecule has 5 nitrogen and oxygen atoms in total. The zero-order chi connectivity index (χ0) is 34.4. The minimum Gasteiger partial charge on any atom is -0.336 e. The molecule has 0 atom stereocenters. The number of hydrogen-bond donors (Lipinski definition) is 0. The lowest BCUT2D eigenvalue weighted by Gasteiger charge is -2.28. The number of likely N-dealkylation sites (N-methyl/N-ethyl adjacent to an activating group) is 1. The molecule has 11 heteroatoms. The van der Waals surface area contributed by atoms with Gasteiger partial charge < -0.3 is 14.4 Å². The van der Waals surface area contributed by atoms with Gasteiger partial charge in [-0.2, -0.15) is 13.2 Å². The Morgan fingerprint density at radius 2 is 1.52 bits per heavy atom. The number of thiophene rings is 1. The summed E-state index contributed by atoms with van der Waals surface area (Å²) in [4.78, 5) is 31.0. The third-order valence-corrected chi connectivity index (χ3v) is 9.35. The van der Waals surface area contributed by atoms with Gasteiger partial charge in [0, 0.05) is 42.2 Å². The molecule has 0 fully saturated rings. The van der Waals surface area contributed by atoms with Crippen LogP contribution in [-0.4, -0.2) is 46.5 Å². The van der Waals surface area contributed by atoms with E-state index in [1.807, 2.05) is 29.6 Å². The molecule has 3 aromatic carbocycles. The molecule has 0 radical (unpaired) electrons. The first-order valence-electron chi connectivity index (χ1n) is 15.8. The van der Waals surface area contributed by atoms with Gasteiger partial charge in [0.2, 0.25) is 5.91 Å². The Balaban J connectivity index is 1.40. The van der Waals surface area contributed by atoms with Crippen molar-refractivity contribution in [1.82, 2.24) is 14.4 Å². The SMILES string of the molecule is CCN(CC)CCN(Cc1ccc(-c2ccc(C(F)(F)F)cc2)cc1)C(=O)Cn1c(CCc2cccc(F)c2F)cc(=O)c2cscc21. The average molecular weight is 682 g/mol. The summed E-state index contributed by atoms with van der Waals surface area (Å²) in [5.41, 5.74) is 2.68. The number of amides is 1. The Labute approximate surface area is 279 Å². The predicted octanol–water partition coefficient (Wildman–Crippen LogP) is 8.18. The van der Waals surface area contributed by atoms with E-state index in [1.54, 1.807) is 14.8 Å². The lowest BCUT2D eigenvalue weighted by Crippen LogP contribution is -2.40. The lowest BCUT2D eigenvalue weighted by atomic mass is 10.0. The summed E-state index contributed by atoms with van der Waals surface area (Å²) in [5.74, 6) is -2.04. The molecule has 2 aromatic heterocycles. The van der Waals surface area contributed by atoms with Crippen LogP contribution in [0, 0.1) is 11.6 Å². The number of halogens is 5. The van der Waals surface area contributed by atoms with E-state index in [9.17, 15) is 31.5 Å². The Morgan fingerprint density at radius 3 is 2.17 bits per heavy atom. The van der Waals surface area contributed by atoms with Crippen molar-refractivity contribution in [2.45, 2.75) is 46.0 Å². The summed E-state index contributed by atoms with van der Waals surface area (Å²) < 4.78 is 69.2. The van der Waals surface area contributed by atoms with Crippen molar-refractivity contribution in [3.8, 4) is 11.1 Å². The highest BCUT2D eigenvalue weighted by Gasteiger charge is 2.30. The molecule has 0 aliphatic rings. The Hall–Kier alpha value is -4.35. The van der Waals surface area contributed by atoms with Crippen LogP contribution in [0.3, 0.4) is 0 Å². The van der Waals surface area contributed by atoms with Crippen LogP contribution in [0.1, 0.15) is 36.2 Å². The maximum Gasteiger partial charge on any atom is 0.416 e. The van der Waals surface area contributed by atoms with E-state index in [2.05, 4.69) is 18.7 Å². The molecule has 48 heavy (non-hydrogen) atoms. The fourth-order valence-electron chi connectivity index (χ4n) is 5.75. The number of nitrogens with zero attached hydrogens (tertiary/aromatic N) is 3. The number of benzene rings is 3. The Kier molecular flexibility index (Phi) is 11.1. The number of carbonyl (C=O) groups excluding carboxylic acids is 1. The third-order valence-electron chi connectivity index (χ3n) is 8.62. The first kappa shape index (κ1) is 35.0. The summed E-state index contributed by atoms with van der Waals surface area (Å²) in [7, 11) is 0. The normalized spacial score (nSPS) is 11.8. The third kappa shape index (κ3) is 8.19. The van der Waals surface area contributed by atoms with Crippen molar-refractivity contribution in [3.63, 3.8) is 0 Å². The van der Waals surface area contributed by atoms with Crippen LogP contribution in [0.5, 0.6) is 0 Å². The van der Waals surface area contributed by atoms with E-state index in [1.165, 1.54) is 41.7 Å². The molecule has 0 aliphatic carbocycles. The van der Waals surface area contributed by atoms with Gasteiger partial charge in [-0.1, -0.05) is 62.4 Å². The molecule has 2 heterocycles. The van der Waals surface area contributed by atoms with E-state index >= 15 is 0 Å². The molecule has 0 saturated carbocycles. The van der Waals surface area contributed by atoms with Crippen molar-refractivity contribution in [1.29, 1.82) is 0 Å². The van der Waals surface area contributed by atoms with Gasteiger partial charge in [0.15, 0.2) is 17.1 Å². The van der Waals surface area contributed by atoms with Crippen LogP contribution in [0.25, 0.3) is 22.0 Å². The van der Waals surface area contributed by atoms with Gasteiger partial charge in [0.1, 0.15) is 6.54 Å². The minimum absolute atomic E-state index is 0.0592. The first-order chi connectivity index (χ1) is 23.0. The molecular formula is C37H36F5N3O2S. The van der Waals surface area contributed by atoms with E-state index < -0.39 is 23.4 Å². The van der Waals surface area contributed by atoms with E-state index in [0.29, 0.717) is 41.8 Å². The van der Waals surface area contributed by atoms with Gasteiger partial charge in [-0.25, -0.2) is 8.78 Å². The highest BCUT2D eigenvalue weighted by molar-refractivity contribution is 7.09. The zero-order valence-electron chi connectivity index (χ0n) is 26.7. The molecule has 0 bridgehead atoms. The number of aromatic nitrogens is 1. The number of fused-ring (bicyclic) bond motifs is 1. The Bertz CT molecular complexity index is 1910. The van der Waals surface area contributed by atoms with Crippen LogP contribution in [0.2, 0.25) is 0 Å². The van der Waals surface area contributed by atoms with Crippen LogP contribution >= 0.6 is 11.3 Å². The topological polar surface area (TPSA) is 45.5 Å². The molecule has 5 aromatic rings. The molecule has 0 spiro atoms. The largest absolute Gasteiger partial charge is 0.416 e. The van der Waals surface area contributed by atoms with Gasteiger partial charge in [0.05, 0.1) is 16.5 Å². The molecule has 1 amide bonds. The molecule has 5 rings (SSSR count). The number of rotatable bonds is 13. The van der Waals surface area contributed by atoms with E-state index in [4.69, 9.17) is 0 Å². The number of carbonyl (C=O) groups is 1. The monoisotopic (exact) mass is 681 g/mol. The second-order valence-electron chi connectivity index (χ2n) is 11.6. The maximum absolute atomic E-state index is 14.5. The fraction of sp³-hybridized carbons (Fsp3) is 0.297. The van der Waals surface area contributed by atoms with Gasteiger partial charge in [-0.3, -0.25) is 9.59 Å². The quantitative estimate of drug-likeness (QED) is 0.118. The molecule has 0 aliphatic heterocycles. The lowest BCUT2D eigenvalue weighted by molar-refractivity contribution is -0.137. The standard InChI is InChI=1S/C37H36F5N3O2S/c1-3-43(4-2)18-19-44(21-25-8-10-26(11-9-25)27-12-15-29(16-13-27)37(40,41)42)35(47)22-45-30(20-34(46)31-23-48-24-33(31)45)17-14-28-6-5-7-32(38)36(28)39/h5-13,15-16,20,23-24H,3-4,14,17-19,21-22H2,1-2H3. The number of hydrogen-bond acceptors (Lipinski definition) is 4. The van der Waals surface area contributed by atoms with Gasteiger partial charge in [-0.15, -0.1) is 11.3 Å². The second kappa shape index (κ2) is 15.3. The predicted molar refractivity (Wildman–Crippen MR) is 180 cm³/mol. The molecule has 0 N–H and O–H groups in total. The van der Waals surface area contributed by atoms with Crippen LogP contribution in [-0.2, 0) is 36.9 Å². The number of pyridine rings is 1. The van der Waals surface area contributed by atoms with Crippen molar-refractivity contribution < 1.29 is 26.7 Å². The molecule has 0 unspecified atom stereocenters. The van der Waals surface area contributed by atoms with Crippen LogP contribution in [0.15, 0.2) is 88.4 Å². The molecule has 252 valence electrons. The minimum atomic E-state index is -4.41. The van der Waals surface area contributed by atoms with Crippen molar-refractivity contribution in [2.75, 3.05) is 26.2 Å². The number of alkyl halides is 3.